The zero-order valence-electron chi connectivity index (χ0n) is 29.0. The second-order valence-electron chi connectivity index (χ2n) is 13.1. The first kappa shape index (κ1) is 36.7. The molecule has 264 valence electrons. The van der Waals surface area contributed by atoms with Crippen molar-refractivity contribution in [2.75, 3.05) is 44.7 Å². The molecule has 5 rings (SSSR count). The van der Waals surface area contributed by atoms with Crippen LogP contribution in [0.3, 0.4) is 0 Å². The van der Waals surface area contributed by atoms with Crippen LogP contribution in [0, 0.1) is 23.6 Å². The highest BCUT2D eigenvalue weighted by Gasteiger charge is 2.30. The predicted molar refractivity (Wildman–Crippen MR) is 195 cm³/mol. The molecule has 1 fully saturated rings. The van der Waals surface area contributed by atoms with Crippen molar-refractivity contribution < 1.29 is 18.8 Å². The fourth-order valence-corrected chi connectivity index (χ4v) is 6.71. The van der Waals surface area contributed by atoms with Gasteiger partial charge in [0.05, 0.1) is 5.56 Å². The standard InChI is InChI=1S/C39H48FN7O3/c1-3-47(4-2)21-20-42-39(50)34-7-5-6-33(36(34)40)28-12-8-26(9-13-28)22-31(23-35(48)29-14-10-27(24-41)11-15-29)38(49)45-32-18-16-30(17-19-32)37-43-25-44-46-37/h5-9,12-13,16-19,27,29,31H,3-4,10-11,14-15,20-25,41H2,1-2H3,(H,42,50)(H,45,49)/t27?,29?,31-/m1/s1. The van der Waals surface area contributed by atoms with E-state index in [4.69, 9.17) is 5.73 Å². The van der Waals surface area contributed by atoms with Crippen molar-refractivity contribution in [2.45, 2.75) is 52.4 Å². The topological polar surface area (TPSA) is 142 Å². The Morgan fingerprint density at radius 1 is 0.940 bits per heavy atom. The third-order valence-corrected chi connectivity index (χ3v) is 9.91. The Bertz CT molecular complexity index is 1680. The number of Topliss-reactive ketones (excluding diaryl/α,β-unsaturated/α-hetero) is 1. The molecule has 0 unspecified atom stereocenters. The number of carbonyl (C=O) groups is 3. The summed E-state index contributed by atoms with van der Waals surface area (Å²) in [4.78, 5) is 46.5. The normalized spacial score (nSPS) is 17.7. The summed E-state index contributed by atoms with van der Waals surface area (Å²) in [6.07, 6.45) is 3.91. The molecule has 0 radical (unpaired) electrons. The fourth-order valence-electron chi connectivity index (χ4n) is 6.71. The van der Waals surface area contributed by atoms with E-state index in [1.165, 1.54) is 6.07 Å². The number of carbonyl (C=O) groups excluding carboxylic acids is 3. The summed E-state index contributed by atoms with van der Waals surface area (Å²) < 4.78 is 15.6. The van der Waals surface area contributed by atoms with E-state index in [0.29, 0.717) is 61.3 Å². The van der Waals surface area contributed by atoms with Crippen molar-refractivity contribution in [1.82, 2.24) is 10.2 Å². The number of amides is 2. The number of rotatable bonds is 16. The van der Waals surface area contributed by atoms with Gasteiger partial charge in [-0.1, -0.05) is 50.2 Å². The summed E-state index contributed by atoms with van der Waals surface area (Å²) in [7, 11) is 0. The summed E-state index contributed by atoms with van der Waals surface area (Å²) in [6.45, 7) is 7.95. The first-order valence-corrected chi connectivity index (χ1v) is 17.7. The Kier molecular flexibility index (Phi) is 13.1. The summed E-state index contributed by atoms with van der Waals surface area (Å²) in [5.74, 6) is -0.832. The maximum Gasteiger partial charge on any atom is 0.254 e. The average Bonchev–Trinajstić information content (AvgIpc) is 3.69. The van der Waals surface area contributed by atoms with Crippen molar-refractivity contribution in [3.63, 3.8) is 0 Å². The van der Waals surface area contributed by atoms with E-state index in [9.17, 15) is 14.4 Å². The molecule has 2 aliphatic rings. The Morgan fingerprint density at radius 2 is 1.64 bits per heavy atom. The van der Waals surface area contributed by atoms with Crippen LogP contribution in [-0.4, -0.2) is 67.7 Å². The van der Waals surface area contributed by atoms with Crippen molar-refractivity contribution in [2.24, 2.45) is 38.7 Å². The van der Waals surface area contributed by atoms with Gasteiger partial charge >= 0.3 is 0 Å². The number of nitrogens with one attached hydrogen (secondary N) is 2. The smallest absolute Gasteiger partial charge is 0.254 e. The number of anilines is 1. The summed E-state index contributed by atoms with van der Waals surface area (Å²) in [5.41, 5.74) is 9.06. The van der Waals surface area contributed by atoms with Gasteiger partial charge in [0, 0.05) is 48.2 Å². The van der Waals surface area contributed by atoms with Crippen LogP contribution in [0.2, 0.25) is 0 Å². The largest absolute Gasteiger partial charge is 0.351 e. The molecule has 1 aliphatic carbocycles. The van der Waals surface area contributed by atoms with Gasteiger partial charge in [-0.25, -0.2) is 9.38 Å². The molecule has 50 heavy (non-hydrogen) atoms. The van der Waals surface area contributed by atoms with Crippen LogP contribution in [0.4, 0.5) is 10.1 Å². The molecule has 0 aromatic heterocycles. The molecule has 11 heteroatoms. The number of nitrogens with two attached hydrogens (primary N) is 1. The minimum absolute atomic E-state index is 0.00414. The van der Waals surface area contributed by atoms with Crippen LogP contribution in [0.5, 0.6) is 0 Å². The summed E-state index contributed by atoms with van der Waals surface area (Å²) in [6, 6.07) is 19.4. The number of benzene rings is 3. The molecule has 2 amide bonds. The minimum Gasteiger partial charge on any atom is -0.351 e. The highest BCUT2D eigenvalue weighted by Crippen LogP contribution is 2.32. The summed E-state index contributed by atoms with van der Waals surface area (Å²) in [5, 5.41) is 13.7. The zero-order chi connectivity index (χ0) is 35.5. The molecule has 1 heterocycles. The van der Waals surface area contributed by atoms with Gasteiger partial charge in [0.2, 0.25) is 5.91 Å². The molecule has 3 aromatic rings. The predicted octanol–water partition coefficient (Wildman–Crippen LogP) is 6.26. The zero-order valence-corrected chi connectivity index (χ0v) is 29.0. The Labute approximate surface area is 293 Å². The number of likely N-dealkylation sites (N-methyl/N-ethyl adjacent to an activating group) is 1. The lowest BCUT2D eigenvalue weighted by atomic mass is 9.77. The summed E-state index contributed by atoms with van der Waals surface area (Å²) >= 11 is 0. The minimum atomic E-state index is -0.603. The quantitative estimate of drug-likeness (QED) is 0.164. The Balaban J connectivity index is 1.28. The molecule has 0 saturated heterocycles. The number of hydrogen-bond donors (Lipinski definition) is 3. The van der Waals surface area contributed by atoms with Crippen LogP contribution >= 0.6 is 0 Å². The monoisotopic (exact) mass is 681 g/mol. The van der Waals surface area contributed by atoms with Crippen molar-refractivity contribution in [3.05, 3.63) is 89.2 Å². The van der Waals surface area contributed by atoms with Crippen LogP contribution in [0.15, 0.2) is 82.0 Å². The van der Waals surface area contributed by atoms with Gasteiger partial charge in [-0.05, 0) is 99.1 Å². The Hall–Kier alpha value is -4.61. The second-order valence-corrected chi connectivity index (χ2v) is 13.1. The number of hydrogen-bond acceptors (Lipinski definition) is 8. The average molecular weight is 682 g/mol. The molecular formula is C39H48FN7O3. The molecule has 1 atom stereocenters. The van der Waals surface area contributed by atoms with Crippen LogP contribution in [0.25, 0.3) is 11.1 Å². The highest BCUT2D eigenvalue weighted by atomic mass is 19.1. The van der Waals surface area contributed by atoms with Gasteiger partial charge in [-0.2, -0.15) is 5.11 Å². The van der Waals surface area contributed by atoms with Crippen molar-refractivity contribution in [3.8, 4) is 11.1 Å². The highest BCUT2D eigenvalue weighted by molar-refractivity contribution is 6.01. The van der Waals surface area contributed by atoms with E-state index < -0.39 is 17.6 Å². The van der Waals surface area contributed by atoms with Gasteiger partial charge < -0.3 is 21.3 Å². The maximum atomic E-state index is 15.6. The van der Waals surface area contributed by atoms with Crippen LogP contribution < -0.4 is 16.4 Å². The molecule has 4 N–H and O–H groups in total. The fraction of sp³-hybridized carbons (Fsp3) is 0.436. The van der Waals surface area contributed by atoms with E-state index in [0.717, 1.165) is 49.9 Å². The van der Waals surface area contributed by atoms with Gasteiger partial charge in [-0.15, -0.1) is 5.11 Å². The molecule has 0 bridgehead atoms. The van der Waals surface area contributed by atoms with Gasteiger partial charge in [0.1, 0.15) is 11.6 Å². The lowest BCUT2D eigenvalue weighted by molar-refractivity contribution is -0.129. The van der Waals surface area contributed by atoms with E-state index in [1.807, 2.05) is 24.3 Å². The number of aliphatic imine (C=N–C) groups is 1. The molecule has 10 nitrogen and oxygen atoms in total. The SMILES string of the molecule is CCN(CC)CCNC(=O)c1cccc(-c2ccc(C[C@H](CC(=O)C3CCC(CN)CC3)C(=O)Nc3ccc(C4=NCN=N4)cc3)cc2)c1F. The first-order chi connectivity index (χ1) is 24.3. The number of halogens is 1. The van der Waals surface area contributed by atoms with Gasteiger partial charge in [0.15, 0.2) is 12.5 Å². The van der Waals surface area contributed by atoms with Gasteiger partial charge in [-0.3, -0.25) is 14.4 Å². The van der Waals surface area contributed by atoms with Gasteiger partial charge in [0.25, 0.3) is 5.91 Å². The van der Waals surface area contributed by atoms with Crippen molar-refractivity contribution >= 4 is 29.1 Å². The lowest BCUT2D eigenvalue weighted by Crippen LogP contribution is -2.35. The molecule has 1 saturated carbocycles. The van der Waals surface area contributed by atoms with E-state index in [-0.39, 0.29) is 29.6 Å². The molecule has 1 aliphatic heterocycles. The molecule has 3 aromatic carbocycles. The van der Waals surface area contributed by atoms with E-state index >= 15 is 4.39 Å². The number of amidine groups is 1. The third kappa shape index (κ3) is 9.54. The lowest BCUT2D eigenvalue weighted by Gasteiger charge is -2.27. The van der Waals surface area contributed by atoms with Crippen molar-refractivity contribution in [1.29, 1.82) is 0 Å². The molecule has 0 spiro atoms. The number of azo groups is 1. The van der Waals surface area contributed by atoms with E-state index in [1.54, 1.807) is 36.4 Å². The van der Waals surface area contributed by atoms with Crippen LogP contribution in [0.1, 0.15) is 67.4 Å². The Morgan fingerprint density at radius 3 is 2.28 bits per heavy atom. The second kappa shape index (κ2) is 17.9. The number of ketones is 1. The third-order valence-electron chi connectivity index (χ3n) is 9.91. The first-order valence-electron chi connectivity index (χ1n) is 17.7. The number of nitrogens with zero attached hydrogens (tertiary/aromatic N) is 4. The van der Waals surface area contributed by atoms with Crippen LogP contribution in [-0.2, 0) is 16.0 Å². The van der Waals surface area contributed by atoms with E-state index in [2.05, 4.69) is 44.6 Å². The maximum absolute atomic E-state index is 15.6. The molecular weight excluding hydrogens is 633 g/mol.